The van der Waals surface area contributed by atoms with Gasteiger partial charge in [-0.2, -0.15) is 0 Å². The third-order valence-corrected chi connectivity index (χ3v) is 3.77. The molecule has 5 heteroatoms. The molecule has 0 spiro atoms. The maximum absolute atomic E-state index is 13.1. The van der Waals surface area contributed by atoms with Gasteiger partial charge in [0.25, 0.3) is 5.56 Å². The normalized spacial score (nSPS) is 11.0. The van der Waals surface area contributed by atoms with E-state index in [4.69, 9.17) is 0 Å². The van der Waals surface area contributed by atoms with Crippen LogP contribution in [-0.2, 0) is 0 Å². The zero-order valence-electron chi connectivity index (χ0n) is 12.0. The molecule has 0 aliphatic rings. The molecule has 23 heavy (non-hydrogen) atoms. The first-order valence-electron chi connectivity index (χ1n) is 7.14. The highest BCUT2D eigenvalue weighted by Gasteiger charge is 2.12. The van der Waals surface area contributed by atoms with Crippen LogP contribution in [0.3, 0.4) is 0 Å². The topological polar surface area (TPSA) is 61.5 Å². The minimum atomic E-state index is -0.310. The van der Waals surface area contributed by atoms with Crippen molar-refractivity contribution in [2.24, 2.45) is 0 Å². The highest BCUT2D eigenvalue weighted by molar-refractivity contribution is 5.94. The van der Waals surface area contributed by atoms with Gasteiger partial charge < -0.3 is 9.97 Å². The Labute approximate surface area is 130 Å². The van der Waals surface area contributed by atoms with Crippen molar-refractivity contribution in [2.75, 3.05) is 0 Å². The second kappa shape index (κ2) is 5.21. The fourth-order valence-corrected chi connectivity index (χ4v) is 2.62. The van der Waals surface area contributed by atoms with Gasteiger partial charge in [-0.15, -0.1) is 0 Å². The highest BCUT2D eigenvalue weighted by Crippen LogP contribution is 2.26. The number of rotatable bonds is 2. The molecule has 4 rings (SSSR count). The van der Waals surface area contributed by atoms with Crippen molar-refractivity contribution in [1.29, 1.82) is 0 Å². The smallest absolute Gasteiger partial charge is 0.274 e. The second-order valence-electron chi connectivity index (χ2n) is 5.22. The Balaban J connectivity index is 1.90. The summed E-state index contributed by atoms with van der Waals surface area (Å²) in [6.07, 6.45) is 3.31. The van der Waals surface area contributed by atoms with E-state index in [1.807, 2.05) is 24.3 Å². The van der Waals surface area contributed by atoms with Gasteiger partial charge in [-0.1, -0.05) is 18.2 Å². The lowest BCUT2D eigenvalue weighted by Crippen LogP contribution is -2.11. The molecule has 4 nitrogen and oxygen atoms in total. The van der Waals surface area contributed by atoms with Crippen LogP contribution in [0, 0.1) is 5.82 Å². The summed E-state index contributed by atoms with van der Waals surface area (Å²) in [5.41, 5.74) is 3.08. The molecular formula is C18H12FN3O. The van der Waals surface area contributed by atoms with Gasteiger partial charge in [-0.3, -0.25) is 4.79 Å². The van der Waals surface area contributed by atoms with Gasteiger partial charge in [0, 0.05) is 34.4 Å². The lowest BCUT2D eigenvalue weighted by atomic mass is 10.1. The monoisotopic (exact) mass is 305 g/mol. The van der Waals surface area contributed by atoms with Gasteiger partial charge in [-0.05, 0) is 30.3 Å². The molecule has 0 aliphatic heterocycles. The summed E-state index contributed by atoms with van der Waals surface area (Å²) in [7, 11) is 0. The van der Waals surface area contributed by atoms with Crippen molar-refractivity contribution in [1.82, 2.24) is 15.0 Å². The lowest BCUT2D eigenvalue weighted by Gasteiger charge is -2.04. The van der Waals surface area contributed by atoms with Gasteiger partial charge >= 0.3 is 0 Å². The Kier molecular flexibility index (Phi) is 3.05. The zero-order chi connectivity index (χ0) is 15.8. The van der Waals surface area contributed by atoms with Crippen LogP contribution in [0.1, 0.15) is 0 Å². The van der Waals surface area contributed by atoms with E-state index in [-0.39, 0.29) is 11.4 Å². The molecule has 0 saturated carbocycles. The van der Waals surface area contributed by atoms with Crippen molar-refractivity contribution >= 4 is 10.9 Å². The van der Waals surface area contributed by atoms with Gasteiger partial charge in [0.05, 0.1) is 5.69 Å². The molecule has 2 heterocycles. The molecule has 2 aromatic heterocycles. The summed E-state index contributed by atoms with van der Waals surface area (Å²) in [6.45, 7) is 0. The van der Waals surface area contributed by atoms with E-state index in [1.54, 1.807) is 18.3 Å². The molecule has 0 unspecified atom stereocenters. The van der Waals surface area contributed by atoms with Crippen LogP contribution in [0.25, 0.3) is 33.4 Å². The van der Waals surface area contributed by atoms with Gasteiger partial charge in [0.2, 0.25) is 0 Å². The standard InChI is InChI=1S/C18H12FN3O/c19-12-7-5-11(6-8-12)16-10-21-18(23)17(22-16)14-9-20-15-4-2-1-3-13(14)15/h1-10,20H,(H,21,23). The van der Waals surface area contributed by atoms with Gasteiger partial charge in [0.1, 0.15) is 11.5 Å². The number of benzene rings is 2. The quantitative estimate of drug-likeness (QED) is 0.593. The van der Waals surface area contributed by atoms with Crippen LogP contribution in [0.2, 0.25) is 0 Å². The Hall–Kier alpha value is -3.21. The highest BCUT2D eigenvalue weighted by atomic mass is 19.1. The number of para-hydroxylation sites is 1. The van der Waals surface area contributed by atoms with E-state index in [9.17, 15) is 9.18 Å². The van der Waals surface area contributed by atoms with Gasteiger partial charge in [-0.25, -0.2) is 9.37 Å². The van der Waals surface area contributed by atoms with Crippen molar-refractivity contribution in [3.8, 4) is 22.5 Å². The van der Waals surface area contributed by atoms with E-state index in [0.717, 1.165) is 22.0 Å². The van der Waals surface area contributed by atoms with Crippen LogP contribution in [0.4, 0.5) is 4.39 Å². The molecule has 0 amide bonds. The Morgan fingerprint density at radius 2 is 1.70 bits per heavy atom. The van der Waals surface area contributed by atoms with Crippen molar-refractivity contribution < 1.29 is 4.39 Å². The first-order chi connectivity index (χ1) is 11.2. The number of nitrogens with one attached hydrogen (secondary N) is 2. The molecule has 0 fully saturated rings. The predicted molar refractivity (Wildman–Crippen MR) is 87.5 cm³/mol. The van der Waals surface area contributed by atoms with E-state index in [1.165, 1.54) is 18.3 Å². The molecule has 0 bridgehead atoms. The van der Waals surface area contributed by atoms with E-state index in [0.29, 0.717) is 11.4 Å². The summed E-state index contributed by atoms with van der Waals surface area (Å²) >= 11 is 0. The third-order valence-electron chi connectivity index (χ3n) is 3.77. The Bertz CT molecular complexity index is 1050. The zero-order valence-corrected chi connectivity index (χ0v) is 12.0. The summed E-state index contributed by atoms with van der Waals surface area (Å²) < 4.78 is 13.1. The lowest BCUT2D eigenvalue weighted by molar-refractivity contribution is 0.628. The number of nitrogens with zero attached hydrogens (tertiary/aromatic N) is 1. The molecule has 112 valence electrons. The molecule has 2 N–H and O–H groups in total. The minimum absolute atomic E-state index is 0.263. The maximum Gasteiger partial charge on any atom is 0.274 e. The fraction of sp³-hybridized carbons (Fsp3) is 0. The van der Waals surface area contributed by atoms with Crippen LogP contribution in [0.15, 0.2) is 65.7 Å². The molecule has 0 atom stereocenters. The average Bonchev–Trinajstić information content (AvgIpc) is 3.00. The second-order valence-corrected chi connectivity index (χ2v) is 5.22. The van der Waals surface area contributed by atoms with Crippen molar-refractivity contribution in [3.63, 3.8) is 0 Å². The van der Waals surface area contributed by atoms with E-state index in [2.05, 4.69) is 15.0 Å². The number of hydrogen-bond acceptors (Lipinski definition) is 2. The Morgan fingerprint density at radius 1 is 0.913 bits per heavy atom. The van der Waals surface area contributed by atoms with Crippen LogP contribution < -0.4 is 5.56 Å². The number of H-pyrrole nitrogens is 2. The third kappa shape index (κ3) is 2.32. The fourth-order valence-electron chi connectivity index (χ4n) is 2.62. The summed E-state index contributed by atoms with van der Waals surface area (Å²) in [6, 6.07) is 13.7. The maximum atomic E-state index is 13.1. The largest absolute Gasteiger partial charge is 0.360 e. The van der Waals surface area contributed by atoms with Gasteiger partial charge in [0.15, 0.2) is 0 Å². The van der Waals surface area contributed by atoms with Crippen LogP contribution in [-0.4, -0.2) is 15.0 Å². The van der Waals surface area contributed by atoms with E-state index >= 15 is 0 Å². The molecule has 0 aliphatic carbocycles. The number of fused-ring (bicyclic) bond motifs is 1. The number of aromatic amines is 2. The SMILES string of the molecule is O=c1[nH]cc(-c2ccc(F)cc2)nc1-c1c[nH]c2ccccc12. The van der Waals surface area contributed by atoms with Crippen LogP contribution >= 0.6 is 0 Å². The molecule has 0 radical (unpaired) electrons. The summed E-state index contributed by atoms with van der Waals surface area (Å²) in [5.74, 6) is -0.310. The number of aromatic nitrogens is 3. The first kappa shape index (κ1) is 13.5. The molecular weight excluding hydrogens is 293 g/mol. The molecule has 0 saturated heterocycles. The van der Waals surface area contributed by atoms with Crippen molar-refractivity contribution in [3.05, 3.63) is 77.1 Å². The average molecular weight is 305 g/mol. The first-order valence-corrected chi connectivity index (χ1v) is 7.14. The summed E-state index contributed by atoms with van der Waals surface area (Å²) in [5, 5.41) is 0.932. The van der Waals surface area contributed by atoms with E-state index < -0.39 is 0 Å². The minimum Gasteiger partial charge on any atom is -0.360 e. The number of halogens is 1. The molecule has 4 aromatic rings. The van der Waals surface area contributed by atoms with Crippen LogP contribution in [0.5, 0.6) is 0 Å². The molecule has 2 aromatic carbocycles. The Morgan fingerprint density at radius 3 is 2.52 bits per heavy atom. The van der Waals surface area contributed by atoms with Crippen molar-refractivity contribution in [2.45, 2.75) is 0 Å². The number of hydrogen-bond donors (Lipinski definition) is 2. The predicted octanol–water partition coefficient (Wildman–Crippen LogP) is 3.72. The summed E-state index contributed by atoms with van der Waals surface area (Å²) in [4.78, 5) is 22.5.